The molecule has 84 heavy (non-hydrogen) atoms. The van der Waals surface area contributed by atoms with Gasteiger partial charge >= 0.3 is 22.5 Å². The van der Waals surface area contributed by atoms with Gasteiger partial charge in [-0.2, -0.15) is 13.2 Å². The van der Waals surface area contributed by atoms with E-state index in [4.69, 9.17) is 58.0 Å². The molecule has 2 unspecified atom stereocenters. The lowest BCUT2D eigenvalue weighted by molar-refractivity contribution is -0.277. The Morgan fingerprint density at radius 3 is 2.29 bits per heavy atom. The number of aliphatic carboxylic acids is 1. The van der Waals surface area contributed by atoms with Gasteiger partial charge in [0.25, 0.3) is 5.91 Å². The van der Waals surface area contributed by atoms with Crippen molar-refractivity contribution < 1.29 is 93.5 Å². The Hall–Kier alpha value is -7.14. The van der Waals surface area contributed by atoms with Gasteiger partial charge in [0.2, 0.25) is 12.2 Å². The van der Waals surface area contributed by atoms with E-state index in [2.05, 4.69) is 57.5 Å². The molecule has 0 saturated carbocycles. The number of benzene rings is 2. The number of aliphatic hydroxyl groups excluding tert-OH is 4. The number of nitrogens with one attached hydrogen (secondary N) is 2. The Labute approximate surface area is 480 Å². The number of carbonyl (C=O) groups excluding carboxylic acids is 1. The average molecular weight is 1210 g/mol. The molecule has 4 saturated heterocycles. The molecule has 4 aliphatic rings. The van der Waals surface area contributed by atoms with Crippen molar-refractivity contribution in [1.29, 1.82) is 0 Å². The molecule has 8 rings (SSSR count). The summed E-state index contributed by atoms with van der Waals surface area (Å²) in [5.41, 5.74) is 16.8. The zero-order valence-corrected chi connectivity index (χ0v) is 46.3. The summed E-state index contributed by atoms with van der Waals surface area (Å²) in [4.78, 5) is 36.4. The number of nitrogens with zero attached hydrogens (tertiary/aromatic N) is 9. The number of anilines is 3. The topological polar surface area (TPSA) is 390 Å². The smallest absolute Gasteiger partial charge is 0.476 e. The Bertz CT molecular complexity index is 2960. The van der Waals surface area contributed by atoms with Gasteiger partial charge in [-0.05, 0) is 67.8 Å². The number of hydrogen-bond acceptors (Lipinski definition) is 25. The third-order valence-corrected chi connectivity index (χ3v) is 14.4. The molecule has 2 bridgehead atoms. The van der Waals surface area contributed by atoms with Crippen LogP contribution in [-0.4, -0.2) is 226 Å². The van der Waals surface area contributed by atoms with Crippen molar-refractivity contribution in [2.45, 2.75) is 74.8 Å². The van der Waals surface area contributed by atoms with Crippen LogP contribution in [0.1, 0.15) is 30.1 Å². The Balaban J connectivity index is 0.00000136. The first-order valence-electron chi connectivity index (χ1n) is 26.6. The van der Waals surface area contributed by atoms with E-state index in [-0.39, 0.29) is 80.0 Å². The van der Waals surface area contributed by atoms with Crippen molar-refractivity contribution in [1.82, 2.24) is 30.7 Å². The standard InChI is InChI=1S/C49H66N12O15S.C2HF3O2/c1-31-27-52-12-15-59(31)16-19-72-43-25-33(10-11-53-43)61-34-7-8-35(61)29-60(28-34)38-26-37(56-57-47(38)50)36-4-2-3-5-39(36)75-77(67,68)76-41-24-32(6-9-40(41)73-49-46(65)45(64)44(63)42(30-62)74-49)48(66)54-13-17-69-20-22-71-23-21-70-18-14-55-58-51;3-2(4,5)1(6)7/h2-6,9-11,24-26,31,34-35,42,44-46,49,52,62-65H,7-8,12-23,27-30H2,1H3,(H2,50,57)(H,54,66);(H,6,7)/t31-,34?,35?,42-,44+,45+,46-,49-;/m1./s1. The molecule has 6 heterocycles. The first-order chi connectivity index (χ1) is 40.3. The number of pyridine rings is 1. The number of nitrogen functional groups attached to an aromatic ring is 1. The Kier molecular flexibility index (Phi) is 23.5. The number of aliphatic hydroxyl groups is 4. The number of carboxylic acid groups (broad SMARTS) is 1. The third kappa shape index (κ3) is 17.9. The van der Waals surface area contributed by atoms with Crippen molar-refractivity contribution in [3.63, 3.8) is 0 Å². The summed E-state index contributed by atoms with van der Waals surface area (Å²) in [5, 5.41) is 66.5. The number of carboxylic acids is 1. The second kappa shape index (κ2) is 30.6. The van der Waals surface area contributed by atoms with Crippen LogP contribution in [0, 0.1) is 0 Å². The van der Waals surface area contributed by atoms with Crippen molar-refractivity contribution in [2.75, 3.05) is 121 Å². The van der Waals surface area contributed by atoms with Crippen LogP contribution in [-0.2, 0) is 34.1 Å². The normalized spacial score (nSPS) is 22.5. The van der Waals surface area contributed by atoms with Crippen LogP contribution < -0.4 is 44.0 Å². The molecular formula is C51H67F3N12O17S. The highest BCUT2D eigenvalue weighted by atomic mass is 32.3. The fourth-order valence-corrected chi connectivity index (χ4v) is 10.3. The van der Waals surface area contributed by atoms with E-state index < -0.39 is 77.3 Å². The fourth-order valence-electron chi connectivity index (χ4n) is 9.54. The molecule has 4 fully saturated rings. The number of halogens is 3. The highest BCUT2D eigenvalue weighted by molar-refractivity contribution is 7.82. The molecule has 0 radical (unpaired) electrons. The summed E-state index contributed by atoms with van der Waals surface area (Å²) < 4.78 is 104. The van der Waals surface area contributed by atoms with Gasteiger partial charge in [0.05, 0.1) is 57.6 Å². The number of para-hydroxylation sites is 1. The van der Waals surface area contributed by atoms with Gasteiger partial charge < -0.3 is 88.5 Å². The van der Waals surface area contributed by atoms with Crippen LogP contribution in [0.15, 0.2) is 72.0 Å². The molecule has 4 aromatic rings. The number of aromatic nitrogens is 3. The monoisotopic (exact) mass is 1210 g/mol. The summed E-state index contributed by atoms with van der Waals surface area (Å²) in [7, 11) is -5.12. The van der Waals surface area contributed by atoms with Crippen molar-refractivity contribution >= 4 is 39.5 Å². The lowest BCUT2D eigenvalue weighted by Crippen LogP contribution is -2.60. The summed E-state index contributed by atoms with van der Waals surface area (Å²) in [5.74, 6) is -3.86. The van der Waals surface area contributed by atoms with Crippen LogP contribution in [0.25, 0.3) is 21.7 Å². The number of nitrogens with two attached hydrogens (primary N) is 1. The molecular weight excluding hydrogens is 1140 g/mol. The SMILES string of the molecule is C[C@@H]1CNCCN1CCOc1cc(N2C3CCC2CN(c2cc(-c4ccccc4OS(=O)(=O)Oc4cc(C(=O)NCCOCCOCCOCCN=[N+]=[N-])ccc4O[C@@H]4O[C@H](CO)[C@H](O)[C@H](O)[C@H]4O)nnc2N)C3)ccn1.O=C(O)C(F)(F)F. The van der Waals surface area contributed by atoms with Crippen molar-refractivity contribution in [3.8, 4) is 34.4 Å². The van der Waals surface area contributed by atoms with E-state index in [1.165, 1.54) is 18.2 Å². The lowest BCUT2D eigenvalue weighted by atomic mass is 9.99. The molecule has 8 atom stereocenters. The van der Waals surface area contributed by atoms with E-state index in [0.29, 0.717) is 50.5 Å². The lowest BCUT2D eigenvalue weighted by Gasteiger charge is -2.43. The molecule has 0 spiro atoms. The van der Waals surface area contributed by atoms with Crippen LogP contribution in [0.2, 0.25) is 0 Å². The fraction of sp³-hybridized carbons (Fsp3) is 0.549. The zero-order valence-electron chi connectivity index (χ0n) is 45.5. The Morgan fingerprint density at radius 1 is 0.905 bits per heavy atom. The van der Waals surface area contributed by atoms with Gasteiger partial charge in [-0.3, -0.25) is 9.69 Å². The molecule has 1 amide bonds. The van der Waals surface area contributed by atoms with Gasteiger partial charge in [-0.15, -0.1) is 18.6 Å². The van der Waals surface area contributed by atoms with Crippen molar-refractivity contribution in [2.24, 2.45) is 5.11 Å². The number of azide groups is 1. The maximum absolute atomic E-state index is 14.0. The largest absolute Gasteiger partial charge is 0.501 e. The molecule has 33 heteroatoms. The molecule has 2 aromatic carbocycles. The van der Waals surface area contributed by atoms with Crippen LogP contribution in [0.3, 0.4) is 0 Å². The predicted octanol–water partition coefficient (Wildman–Crippen LogP) is 1.26. The predicted molar refractivity (Wildman–Crippen MR) is 291 cm³/mol. The number of alkyl halides is 3. The maximum atomic E-state index is 14.0. The first-order valence-corrected chi connectivity index (χ1v) is 28.0. The number of piperazine rings is 2. The summed E-state index contributed by atoms with van der Waals surface area (Å²) in [6.07, 6.45) is -9.95. The second-order valence-corrected chi connectivity index (χ2v) is 20.5. The van der Waals surface area contributed by atoms with Crippen molar-refractivity contribution in [3.05, 3.63) is 82.9 Å². The van der Waals surface area contributed by atoms with E-state index >= 15 is 0 Å². The number of carbonyl (C=O) groups is 2. The van der Waals surface area contributed by atoms with Gasteiger partial charge in [0, 0.05) is 104 Å². The third-order valence-electron chi connectivity index (χ3n) is 13.7. The average Bonchev–Trinajstić information content (AvgIpc) is 1.91. The highest BCUT2D eigenvalue weighted by Gasteiger charge is 2.46. The van der Waals surface area contributed by atoms with Gasteiger partial charge in [0.1, 0.15) is 31.0 Å². The minimum absolute atomic E-state index is 0.0473. The molecule has 0 aliphatic carbocycles. The summed E-state index contributed by atoms with van der Waals surface area (Å²) in [6.45, 7) is 8.60. The number of fused-ring (bicyclic) bond motifs is 2. The van der Waals surface area contributed by atoms with Gasteiger partial charge in [-0.1, -0.05) is 17.2 Å². The van der Waals surface area contributed by atoms with E-state index in [1.54, 1.807) is 30.5 Å². The zero-order chi connectivity index (χ0) is 60.4. The van der Waals surface area contributed by atoms with Crippen LogP contribution >= 0.6 is 0 Å². The number of rotatable bonds is 27. The van der Waals surface area contributed by atoms with E-state index in [1.807, 2.05) is 12.1 Å². The molecule has 4 aliphatic heterocycles. The molecule has 29 nitrogen and oxygen atoms in total. The number of amides is 1. The number of hydrogen-bond donors (Lipinski definition) is 8. The van der Waals surface area contributed by atoms with E-state index in [0.717, 1.165) is 50.8 Å². The quantitative estimate of drug-likeness (QED) is 0.0180. The minimum Gasteiger partial charge on any atom is -0.476 e. The first kappa shape index (κ1) is 64.4. The molecule has 2 aromatic heterocycles. The number of ether oxygens (including phenoxy) is 6. The van der Waals surface area contributed by atoms with Crippen LogP contribution in [0.5, 0.6) is 23.1 Å². The maximum Gasteiger partial charge on any atom is 0.501 e. The highest BCUT2D eigenvalue weighted by Crippen LogP contribution is 2.41. The molecule has 460 valence electrons. The minimum atomic E-state index is -5.12. The second-order valence-electron chi connectivity index (χ2n) is 19.4. The van der Waals surface area contributed by atoms with E-state index in [9.17, 15) is 46.8 Å². The molecule has 9 N–H and O–H groups in total. The Morgan fingerprint density at radius 2 is 1.60 bits per heavy atom. The van der Waals surface area contributed by atoms with Crippen LogP contribution in [0.4, 0.5) is 30.4 Å². The summed E-state index contributed by atoms with van der Waals surface area (Å²) in [6, 6.07) is 16.1. The van der Waals surface area contributed by atoms with Gasteiger partial charge in [0.15, 0.2) is 23.1 Å². The summed E-state index contributed by atoms with van der Waals surface area (Å²) >= 11 is 0. The van der Waals surface area contributed by atoms with Gasteiger partial charge in [-0.25, -0.2) is 9.78 Å².